The van der Waals surface area contributed by atoms with E-state index in [2.05, 4.69) is 5.32 Å². The molecule has 0 bridgehead atoms. The zero-order valence-corrected chi connectivity index (χ0v) is 21.4. The molecule has 1 atom stereocenters. The van der Waals surface area contributed by atoms with Crippen LogP contribution in [0.3, 0.4) is 0 Å². The number of halogens is 2. The van der Waals surface area contributed by atoms with E-state index in [0.717, 1.165) is 12.8 Å². The number of nitrogens with one attached hydrogen (secondary N) is 1. The van der Waals surface area contributed by atoms with Crippen LogP contribution in [0.5, 0.6) is 0 Å². The van der Waals surface area contributed by atoms with Gasteiger partial charge in [-0.3, -0.25) is 24.1 Å². The highest BCUT2D eigenvalue weighted by molar-refractivity contribution is 6.35. The molecule has 7 nitrogen and oxygen atoms in total. The van der Waals surface area contributed by atoms with Crippen LogP contribution in [-0.4, -0.2) is 52.6 Å². The maximum absolute atomic E-state index is 13.2. The first kappa shape index (κ1) is 26.7. The molecule has 2 aromatic carbocycles. The van der Waals surface area contributed by atoms with Crippen molar-refractivity contribution in [2.45, 2.75) is 52.1 Å². The van der Waals surface area contributed by atoms with E-state index in [4.69, 9.17) is 23.2 Å². The Bertz CT molecular complexity index is 1090. The van der Waals surface area contributed by atoms with Crippen LogP contribution in [0.4, 0.5) is 0 Å². The zero-order chi connectivity index (χ0) is 25.5. The first-order chi connectivity index (χ1) is 16.7. The molecule has 1 aliphatic heterocycles. The van der Waals surface area contributed by atoms with Gasteiger partial charge < -0.3 is 10.2 Å². The number of nitrogens with zero attached hydrogens (tertiary/aromatic N) is 2. The number of benzene rings is 2. The fraction of sp³-hybridized carbons (Fsp3) is 0.385. The summed E-state index contributed by atoms with van der Waals surface area (Å²) in [7, 11) is 0. The van der Waals surface area contributed by atoms with Gasteiger partial charge in [-0.2, -0.15) is 0 Å². The summed E-state index contributed by atoms with van der Waals surface area (Å²) in [6.07, 6.45) is 2.12. The van der Waals surface area contributed by atoms with Gasteiger partial charge in [0.25, 0.3) is 11.8 Å². The normalized spacial score (nSPS) is 13.5. The van der Waals surface area contributed by atoms with E-state index >= 15 is 0 Å². The molecule has 0 aliphatic carbocycles. The third-order valence-electron chi connectivity index (χ3n) is 6.00. The van der Waals surface area contributed by atoms with Gasteiger partial charge in [0.1, 0.15) is 6.04 Å². The Kier molecular flexibility index (Phi) is 9.29. The van der Waals surface area contributed by atoms with Crippen molar-refractivity contribution in [2.24, 2.45) is 0 Å². The van der Waals surface area contributed by atoms with Crippen molar-refractivity contribution in [2.75, 3.05) is 13.1 Å². The van der Waals surface area contributed by atoms with Gasteiger partial charge in [-0.25, -0.2) is 0 Å². The predicted molar refractivity (Wildman–Crippen MR) is 135 cm³/mol. The number of hydrogen-bond donors (Lipinski definition) is 1. The maximum atomic E-state index is 13.2. The van der Waals surface area contributed by atoms with Gasteiger partial charge >= 0.3 is 0 Å². The van der Waals surface area contributed by atoms with E-state index in [1.54, 1.807) is 49.4 Å². The van der Waals surface area contributed by atoms with Crippen LogP contribution in [0, 0.1) is 0 Å². The summed E-state index contributed by atoms with van der Waals surface area (Å²) in [5.74, 6) is -1.24. The molecule has 0 unspecified atom stereocenters. The Morgan fingerprint density at radius 2 is 1.69 bits per heavy atom. The second-order valence-electron chi connectivity index (χ2n) is 8.49. The topological polar surface area (TPSA) is 86.8 Å². The number of unbranched alkanes of at least 4 members (excludes halogenated alkanes) is 1. The lowest BCUT2D eigenvalue weighted by Crippen LogP contribution is -2.48. The molecule has 0 radical (unpaired) electrons. The molecule has 2 aromatic rings. The molecule has 1 N–H and O–H groups in total. The molecule has 1 heterocycles. The highest BCUT2D eigenvalue weighted by atomic mass is 35.5. The number of carbonyl (C=O) groups excluding carboxylic acids is 4. The number of imide groups is 1. The van der Waals surface area contributed by atoms with Crippen molar-refractivity contribution in [3.8, 4) is 0 Å². The Balaban J connectivity index is 1.68. The largest absolute Gasteiger partial charge is 0.354 e. The van der Waals surface area contributed by atoms with E-state index in [1.165, 1.54) is 9.80 Å². The van der Waals surface area contributed by atoms with Gasteiger partial charge in [-0.05, 0) is 49.6 Å². The first-order valence-corrected chi connectivity index (χ1v) is 12.5. The van der Waals surface area contributed by atoms with E-state index in [9.17, 15) is 19.2 Å². The Hall–Kier alpha value is -2.90. The first-order valence-electron chi connectivity index (χ1n) is 11.7. The number of carbonyl (C=O) groups is 4. The number of rotatable bonds is 11. The molecule has 0 saturated carbocycles. The minimum absolute atomic E-state index is 0.0607. The molecule has 186 valence electrons. The van der Waals surface area contributed by atoms with Gasteiger partial charge in [0.05, 0.1) is 11.1 Å². The molecule has 35 heavy (non-hydrogen) atoms. The second-order valence-corrected chi connectivity index (χ2v) is 9.33. The molecule has 0 saturated heterocycles. The summed E-state index contributed by atoms with van der Waals surface area (Å²) in [4.78, 5) is 53.8. The molecule has 3 rings (SSSR count). The average molecular weight is 518 g/mol. The highest BCUT2D eigenvalue weighted by Crippen LogP contribution is 2.25. The van der Waals surface area contributed by atoms with Crippen LogP contribution < -0.4 is 5.32 Å². The van der Waals surface area contributed by atoms with E-state index in [1.807, 2.05) is 6.92 Å². The Labute approximate surface area is 215 Å². The minimum atomic E-state index is -0.731. The summed E-state index contributed by atoms with van der Waals surface area (Å²) >= 11 is 12.3. The van der Waals surface area contributed by atoms with Crippen LogP contribution in [0.2, 0.25) is 10.0 Å². The van der Waals surface area contributed by atoms with Crippen LogP contribution in [0.1, 0.15) is 65.8 Å². The Morgan fingerprint density at radius 3 is 2.29 bits per heavy atom. The zero-order valence-electron chi connectivity index (χ0n) is 19.9. The third-order valence-corrected chi connectivity index (χ3v) is 6.59. The number of hydrogen-bond acceptors (Lipinski definition) is 4. The van der Waals surface area contributed by atoms with Crippen molar-refractivity contribution in [1.82, 2.24) is 15.1 Å². The second kappa shape index (κ2) is 12.2. The number of fused-ring (bicyclic) bond motifs is 1. The molecular weight excluding hydrogens is 489 g/mol. The van der Waals surface area contributed by atoms with Gasteiger partial charge in [0.2, 0.25) is 11.8 Å². The molecule has 1 aliphatic rings. The van der Waals surface area contributed by atoms with Crippen molar-refractivity contribution in [1.29, 1.82) is 0 Å². The van der Waals surface area contributed by atoms with Crippen molar-refractivity contribution >= 4 is 46.8 Å². The quantitative estimate of drug-likeness (QED) is 0.345. The van der Waals surface area contributed by atoms with Gasteiger partial charge in [0, 0.05) is 36.1 Å². The fourth-order valence-electron chi connectivity index (χ4n) is 3.93. The lowest BCUT2D eigenvalue weighted by atomic mass is 10.1. The summed E-state index contributed by atoms with van der Waals surface area (Å²) < 4.78 is 0. The smallest absolute Gasteiger partial charge is 0.261 e. The third kappa shape index (κ3) is 6.41. The van der Waals surface area contributed by atoms with Crippen molar-refractivity contribution < 1.29 is 19.2 Å². The van der Waals surface area contributed by atoms with Crippen LogP contribution in [0.25, 0.3) is 0 Å². The molecular formula is C26H29Cl2N3O4. The maximum Gasteiger partial charge on any atom is 0.261 e. The predicted octanol–water partition coefficient (Wildman–Crippen LogP) is 4.70. The molecule has 4 amide bonds. The van der Waals surface area contributed by atoms with Crippen LogP contribution in [0.15, 0.2) is 42.5 Å². The average Bonchev–Trinajstić information content (AvgIpc) is 3.08. The highest BCUT2D eigenvalue weighted by Gasteiger charge is 2.35. The summed E-state index contributed by atoms with van der Waals surface area (Å²) in [6.45, 7) is 4.48. The lowest BCUT2D eigenvalue weighted by Gasteiger charge is -2.29. The standard InChI is InChI=1S/C26H29Cl2N3O4/c1-3-4-13-29-24(33)17(2)31(16-18-11-12-19(27)15-22(18)28)23(32)10-7-14-30-25(34)20-8-5-6-9-21(20)26(30)35/h5-6,8-9,11-12,15,17H,3-4,7,10,13-14,16H2,1-2H3,(H,29,33)/t17-/m0/s1. The van der Waals surface area contributed by atoms with E-state index in [0.29, 0.717) is 33.3 Å². The fourth-order valence-corrected chi connectivity index (χ4v) is 4.39. The van der Waals surface area contributed by atoms with E-state index in [-0.39, 0.29) is 49.6 Å². The summed E-state index contributed by atoms with van der Waals surface area (Å²) in [5, 5.41) is 3.74. The lowest BCUT2D eigenvalue weighted by molar-refractivity contribution is -0.140. The van der Waals surface area contributed by atoms with Crippen molar-refractivity contribution in [3.05, 3.63) is 69.2 Å². The summed E-state index contributed by atoms with van der Waals surface area (Å²) in [6, 6.07) is 10.9. The van der Waals surface area contributed by atoms with Gasteiger partial charge in [-0.15, -0.1) is 0 Å². The van der Waals surface area contributed by atoms with Gasteiger partial charge in [0.15, 0.2) is 0 Å². The molecule has 0 fully saturated rings. The SMILES string of the molecule is CCCCNC(=O)[C@H](C)N(Cc1ccc(Cl)cc1Cl)C(=O)CCCN1C(=O)c2ccccc2C1=O. The Morgan fingerprint density at radius 1 is 1.03 bits per heavy atom. The van der Waals surface area contributed by atoms with Crippen molar-refractivity contribution in [3.63, 3.8) is 0 Å². The molecule has 0 aromatic heterocycles. The monoisotopic (exact) mass is 517 g/mol. The molecule has 9 heteroatoms. The molecule has 0 spiro atoms. The van der Waals surface area contributed by atoms with Gasteiger partial charge in [-0.1, -0.05) is 54.7 Å². The summed E-state index contributed by atoms with van der Waals surface area (Å²) in [5.41, 5.74) is 1.42. The minimum Gasteiger partial charge on any atom is -0.354 e. The van der Waals surface area contributed by atoms with Crippen LogP contribution in [-0.2, 0) is 16.1 Å². The number of amides is 4. The van der Waals surface area contributed by atoms with E-state index < -0.39 is 6.04 Å². The van der Waals surface area contributed by atoms with Crippen LogP contribution >= 0.6 is 23.2 Å².